The SMILES string of the molecule is C[C@H](Oc1ccc(-c2nnco2)cc1)C(=O)N1c2ccccc2C[C@@H]1C. The molecule has 0 radical (unpaired) electrons. The Hall–Kier alpha value is -3.15. The number of carbonyl (C=O) groups excluding carboxylic acids is 1. The predicted octanol–water partition coefficient (Wildman–Crippen LogP) is 3.48. The normalized spacial score (nSPS) is 17.0. The van der Waals surface area contributed by atoms with Crippen molar-refractivity contribution in [3.8, 4) is 17.2 Å². The van der Waals surface area contributed by atoms with Gasteiger partial charge in [-0.3, -0.25) is 4.79 Å². The molecular formula is C20H19N3O3. The molecule has 6 heteroatoms. The van der Waals surface area contributed by atoms with Gasteiger partial charge >= 0.3 is 0 Å². The third-order valence-corrected chi connectivity index (χ3v) is 4.57. The summed E-state index contributed by atoms with van der Waals surface area (Å²) in [5.41, 5.74) is 2.98. The third kappa shape index (κ3) is 2.94. The Balaban J connectivity index is 1.48. The first kappa shape index (κ1) is 16.3. The highest BCUT2D eigenvalue weighted by Crippen LogP contribution is 2.32. The second kappa shape index (κ2) is 6.63. The number of amides is 1. The lowest BCUT2D eigenvalue weighted by molar-refractivity contribution is -0.124. The summed E-state index contributed by atoms with van der Waals surface area (Å²) in [6.45, 7) is 3.84. The van der Waals surface area contributed by atoms with Crippen LogP contribution in [0.25, 0.3) is 11.5 Å². The van der Waals surface area contributed by atoms with Crippen LogP contribution in [0.15, 0.2) is 59.3 Å². The molecule has 2 aromatic carbocycles. The van der Waals surface area contributed by atoms with Gasteiger partial charge in [0.05, 0.1) is 0 Å². The fraction of sp³-hybridized carbons (Fsp3) is 0.250. The number of fused-ring (bicyclic) bond motifs is 1. The van der Waals surface area contributed by atoms with Gasteiger partial charge in [-0.05, 0) is 56.2 Å². The zero-order valence-electron chi connectivity index (χ0n) is 14.6. The summed E-state index contributed by atoms with van der Waals surface area (Å²) < 4.78 is 11.0. The van der Waals surface area contributed by atoms with Crippen LogP contribution < -0.4 is 9.64 Å². The van der Waals surface area contributed by atoms with Gasteiger partial charge in [0.2, 0.25) is 12.3 Å². The average Bonchev–Trinajstić information content (AvgIpc) is 3.29. The first-order valence-electron chi connectivity index (χ1n) is 8.57. The number of nitrogens with zero attached hydrogens (tertiary/aromatic N) is 3. The van der Waals surface area contributed by atoms with E-state index in [1.807, 2.05) is 35.2 Å². The van der Waals surface area contributed by atoms with Crippen LogP contribution in [0, 0.1) is 0 Å². The third-order valence-electron chi connectivity index (χ3n) is 4.57. The first-order chi connectivity index (χ1) is 12.6. The first-order valence-corrected chi connectivity index (χ1v) is 8.57. The highest BCUT2D eigenvalue weighted by Gasteiger charge is 2.33. The fourth-order valence-electron chi connectivity index (χ4n) is 3.33. The summed E-state index contributed by atoms with van der Waals surface area (Å²) in [7, 11) is 0. The molecular weight excluding hydrogens is 330 g/mol. The van der Waals surface area contributed by atoms with Crippen molar-refractivity contribution in [3.63, 3.8) is 0 Å². The smallest absolute Gasteiger partial charge is 0.268 e. The molecule has 0 unspecified atom stereocenters. The summed E-state index contributed by atoms with van der Waals surface area (Å²) in [5.74, 6) is 1.03. The number of hydrogen-bond acceptors (Lipinski definition) is 5. The minimum Gasteiger partial charge on any atom is -0.481 e. The lowest BCUT2D eigenvalue weighted by Crippen LogP contribution is -2.43. The van der Waals surface area contributed by atoms with Gasteiger partial charge in [-0.2, -0.15) is 0 Å². The van der Waals surface area contributed by atoms with E-state index in [9.17, 15) is 4.79 Å². The van der Waals surface area contributed by atoms with Crippen LogP contribution in [-0.2, 0) is 11.2 Å². The quantitative estimate of drug-likeness (QED) is 0.721. The molecule has 132 valence electrons. The van der Waals surface area contributed by atoms with E-state index in [0.29, 0.717) is 11.6 Å². The van der Waals surface area contributed by atoms with E-state index in [1.54, 1.807) is 19.1 Å². The molecule has 0 spiro atoms. The van der Waals surface area contributed by atoms with Crippen molar-refractivity contribution >= 4 is 11.6 Å². The minimum absolute atomic E-state index is 0.0385. The maximum absolute atomic E-state index is 12.9. The Morgan fingerprint density at radius 1 is 1.23 bits per heavy atom. The van der Waals surface area contributed by atoms with Crippen LogP contribution in [0.4, 0.5) is 5.69 Å². The topological polar surface area (TPSA) is 68.5 Å². The zero-order valence-corrected chi connectivity index (χ0v) is 14.6. The van der Waals surface area contributed by atoms with Crippen molar-refractivity contribution in [2.24, 2.45) is 0 Å². The fourth-order valence-corrected chi connectivity index (χ4v) is 3.33. The van der Waals surface area contributed by atoms with Crippen LogP contribution in [0.3, 0.4) is 0 Å². The van der Waals surface area contributed by atoms with E-state index in [0.717, 1.165) is 17.7 Å². The van der Waals surface area contributed by atoms with Gasteiger partial charge in [-0.1, -0.05) is 18.2 Å². The molecule has 2 heterocycles. The minimum atomic E-state index is -0.585. The summed E-state index contributed by atoms with van der Waals surface area (Å²) in [4.78, 5) is 14.8. The van der Waals surface area contributed by atoms with Gasteiger partial charge < -0.3 is 14.1 Å². The van der Waals surface area contributed by atoms with Crippen LogP contribution in [0.5, 0.6) is 5.75 Å². The number of hydrogen-bond donors (Lipinski definition) is 0. The Morgan fingerprint density at radius 3 is 2.73 bits per heavy atom. The van der Waals surface area contributed by atoms with Crippen LogP contribution in [0.2, 0.25) is 0 Å². The molecule has 26 heavy (non-hydrogen) atoms. The number of carbonyl (C=O) groups is 1. The molecule has 0 fully saturated rings. The monoisotopic (exact) mass is 349 g/mol. The number of benzene rings is 2. The zero-order chi connectivity index (χ0) is 18.1. The van der Waals surface area contributed by atoms with Crippen LogP contribution >= 0.6 is 0 Å². The van der Waals surface area contributed by atoms with Crippen molar-refractivity contribution in [3.05, 3.63) is 60.5 Å². The molecule has 0 saturated carbocycles. The molecule has 1 aliphatic rings. The van der Waals surface area contributed by atoms with Gasteiger partial charge in [-0.25, -0.2) is 0 Å². The summed E-state index contributed by atoms with van der Waals surface area (Å²) in [6.07, 6.45) is 1.57. The van der Waals surface area contributed by atoms with E-state index < -0.39 is 6.10 Å². The number of anilines is 1. The van der Waals surface area contributed by atoms with Crippen LogP contribution in [-0.4, -0.2) is 28.3 Å². The largest absolute Gasteiger partial charge is 0.481 e. The number of para-hydroxylation sites is 1. The standard InChI is InChI=1S/C20H19N3O3/c1-13-11-16-5-3-4-6-18(16)23(13)20(24)14(2)26-17-9-7-15(8-10-17)19-22-21-12-25-19/h3-10,12-14H,11H2,1-2H3/t13-,14-/m0/s1. The summed E-state index contributed by atoms with van der Waals surface area (Å²) in [6, 6.07) is 15.4. The lowest BCUT2D eigenvalue weighted by atomic mass is 10.1. The van der Waals surface area contributed by atoms with E-state index in [-0.39, 0.29) is 11.9 Å². The second-order valence-corrected chi connectivity index (χ2v) is 6.42. The molecule has 1 aliphatic heterocycles. The Labute approximate surface area is 151 Å². The van der Waals surface area contributed by atoms with E-state index in [1.165, 1.54) is 12.0 Å². The van der Waals surface area contributed by atoms with E-state index in [2.05, 4.69) is 23.2 Å². The molecule has 1 amide bonds. The molecule has 2 atom stereocenters. The van der Waals surface area contributed by atoms with Crippen molar-refractivity contribution in [2.75, 3.05) is 4.90 Å². The Morgan fingerprint density at radius 2 is 2.00 bits per heavy atom. The highest BCUT2D eigenvalue weighted by molar-refractivity contribution is 5.99. The van der Waals surface area contributed by atoms with Crippen molar-refractivity contribution in [2.45, 2.75) is 32.4 Å². The van der Waals surface area contributed by atoms with Gasteiger partial charge in [-0.15, -0.1) is 10.2 Å². The highest BCUT2D eigenvalue weighted by atomic mass is 16.5. The Kier molecular flexibility index (Phi) is 4.16. The molecule has 0 bridgehead atoms. The van der Waals surface area contributed by atoms with E-state index in [4.69, 9.17) is 9.15 Å². The van der Waals surface area contributed by atoms with Crippen molar-refractivity contribution in [1.29, 1.82) is 0 Å². The average molecular weight is 349 g/mol. The molecule has 6 nitrogen and oxygen atoms in total. The maximum atomic E-state index is 12.9. The summed E-state index contributed by atoms with van der Waals surface area (Å²) in [5, 5.41) is 7.53. The predicted molar refractivity (Wildman–Crippen MR) is 96.9 cm³/mol. The van der Waals surface area contributed by atoms with Gasteiger partial charge in [0, 0.05) is 17.3 Å². The molecule has 4 rings (SSSR count). The maximum Gasteiger partial charge on any atom is 0.268 e. The number of rotatable bonds is 4. The summed E-state index contributed by atoms with van der Waals surface area (Å²) >= 11 is 0. The van der Waals surface area contributed by atoms with Gasteiger partial charge in [0.1, 0.15) is 5.75 Å². The number of aromatic nitrogens is 2. The van der Waals surface area contributed by atoms with Crippen molar-refractivity contribution in [1.82, 2.24) is 10.2 Å². The molecule has 0 saturated heterocycles. The molecule has 3 aromatic rings. The molecule has 0 N–H and O–H groups in total. The van der Waals surface area contributed by atoms with Gasteiger partial charge in [0.25, 0.3) is 5.91 Å². The van der Waals surface area contributed by atoms with E-state index >= 15 is 0 Å². The Bertz CT molecular complexity index is 906. The lowest BCUT2D eigenvalue weighted by Gasteiger charge is -2.26. The molecule has 1 aromatic heterocycles. The second-order valence-electron chi connectivity index (χ2n) is 6.42. The van der Waals surface area contributed by atoms with Crippen LogP contribution in [0.1, 0.15) is 19.4 Å². The van der Waals surface area contributed by atoms with Crippen molar-refractivity contribution < 1.29 is 13.9 Å². The molecule has 0 aliphatic carbocycles. The van der Waals surface area contributed by atoms with Gasteiger partial charge in [0.15, 0.2) is 6.10 Å². The number of ether oxygens (including phenoxy) is 1.